The average Bonchev–Trinajstić information content (AvgIpc) is 2.69. The van der Waals surface area contributed by atoms with Gasteiger partial charge in [0, 0.05) is 0 Å². The molecule has 2 rings (SSSR count). The van der Waals surface area contributed by atoms with Crippen LogP contribution < -0.4 is 20.9 Å². The summed E-state index contributed by atoms with van der Waals surface area (Å²) in [6.07, 6.45) is 12.5. The minimum atomic E-state index is 1.06. The maximum atomic E-state index is 4.33. The second-order valence-corrected chi connectivity index (χ2v) is 6.85. The van der Waals surface area contributed by atoms with Gasteiger partial charge in [0.15, 0.2) is 0 Å². The van der Waals surface area contributed by atoms with Crippen LogP contribution in [0.15, 0.2) is 36.9 Å². The summed E-state index contributed by atoms with van der Waals surface area (Å²) in [6, 6.07) is 4.45. The Morgan fingerprint density at radius 2 is 1.32 bits per heavy atom. The number of aryl methyl sites for hydroxylation is 2. The van der Waals surface area contributed by atoms with E-state index < -0.39 is 0 Å². The van der Waals surface area contributed by atoms with E-state index in [9.17, 15) is 0 Å². The van der Waals surface area contributed by atoms with Crippen LogP contribution in [0.1, 0.15) is 49.9 Å². The minimum absolute atomic E-state index is 1.06. The Labute approximate surface area is 171 Å². The monoisotopic (exact) mass is 372 g/mol. The van der Waals surface area contributed by atoms with E-state index >= 15 is 0 Å². The van der Waals surface area contributed by atoms with E-state index in [1.807, 2.05) is 26.8 Å². The van der Waals surface area contributed by atoms with Gasteiger partial charge in [0.05, 0.1) is 0 Å². The predicted molar refractivity (Wildman–Crippen MR) is 130 cm³/mol. The fraction of sp³-hybridized carbons (Fsp3) is 0.286. The molecule has 0 aromatic heterocycles. The van der Waals surface area contributed by atoms with Crippen molar-refractivity contribution in [1.82, 2.24) is 0 Å². The van der Waals surface area contributed by atoms with Crippen LogP contribution in [0.3, 0.4) is 0 Å². The van der Waals surface area contributed by atoms with Crippen molar-refractivity contribution in [3.63, 3.8) is 0 Å². The van der Waals surface area contributed by atoms with E-state index in [1.165, 1.54) is 49.0 Å². The molecule has 0 nitrogen and oxygen atoms in total. The molecule has 0 bridgehead atoms. The summed E-state index contributed by atoms with van der Waals surface area (Å²) in [7, 11) is 0. The number of rotatable bonds is 3. The van der Waals surface area contributed by atoms with Crippen molar-refractivity contribution in [3.8, 4) is 11.1 Å². The Balaban J connectivity index is 0.00000190. The second kappa shape index (κ2) is 10.7. The molecule has 0 amide bonds. The fourth-order valence-electron chi connectivity index (χ4n) is 3.53. The van der Waals surface area contributed by atoms with E-state index in [-0.39, 0.29) is 0 Å². The maximum absolute atomic E-state index is 4.33. The highest BCUT2D eigenvalue weighted by Gasteiger charge is 2.13. The van der Waals surface area contributed by atoms with Crippen molar-refractivity contribution in [2.24, 2.45) is 0 Å². The zero-order valence-corrected chi connectivity index (χ0v) is 19.0. The third-order valence-electron chi connectivity index (χ3n) is 5.19. The third kappa shape index (κ3) is 4.62. The molecule has 0 aliphatic rings. The highest BCUT2D eigenvalue weighted by atomic mass is 14.2. The van der Waals surface area contributed by atoms with Gasteiger partial charge >= 0.3 is 0 Å². The SMILES string of the molecule is C=C/C=c1/c(-c2c(C)c(C)cc(=C)/c2=C\C=C/C)c(C)c(C)c/c1=C/C.CC. The molecule has 0 fully saturated rings. The van der Waals surface area contributed by atoms with E-state index in [4.69, 9.17) is 0 Å². The molecular weight excluding hydrogens is 336 g/mol. The average molecular weight is 373 g/mol. The molecule has 0 saturated heterocycles. The quantitative estimate of drug-likeness (QED) is 0.699. The predicted octanol–water partition coefficient (Wildman–Crippen LogP) is 5.15. The van der Waals surface area contributed by atoms with Gasteiger partial charge in [-0.05, 0) is 95.8 Å². The Morgan fingerprint density at radius 3 is 1.82 bits per heavy atom. The van der Waals surface area contributed by atoms with Gasteiger partial charge in [-0.25, -0.2) is 0 Å². The Kier molecular flexibility index (Phi) is 8.92. The van der Waals surface area contributed by atoms with Crippen molar-refractivity contribution in [1.29, 1.82) is 0 Å². The molecule has 0 aliphatic carbocycles. The van der Waals surface area contributed by atoms with Crippen LogP contribution in [-0.2, 0) is 0 Å². The van der Waals surface area contributed by atoms with Crippen LogP contribution in [0.4, 0.5) is 0 Å². The molecule has 2 aromatic rings. The normalized spacial score (nSPS) is 13.1. The van der Waals surface area contributed by atoms with Crippen LogP contribution in [0, 0.1) is 27.7 Å². The van der Waals surface area contributed by atoms with E-state index in [1.54, 1.807) is 0 Å². The lowest BCUT2D eigenvalue weighted by molar-refractivity contribution is 1.25. The molecule has 0 aliphatic heterocycles. The third-order valence-corrected chi connectivity index (χ3v) is 5.19. The fourth-order valence-corrected chi connectivity index (χ4v) is 3.53. The summed E-state index contributed by atoms with van der Waals surface area (Å²) >= 11 is 0. The number of allylic oxidation sites excluding steroid dienone is 3. The molecule has 0 heterocycles. The molecule has 0 radical (unpaired) electrons. The van der Waals surface area contributed by atoms with E-state index in [0.29, 0.717) is 0 Å². The van der Waals surface area contributed by atoms with Crippen LogP contribution in [0.5, 0.6) is 0 Å². The smallest absolute Gasteiger partial charge is 0.00646 e. The number of hydrogen-bond donors (Lipinski definition) is 0. The lowest BCUT2D eigenvalue weighted by Crippen LogP contribution is -2.34. The lowest BCUT2D eigenvalue weighted by atomic mass is 9.87. The second-order valence-electron chi connectivity index (χ2n) is 6.85. The van der Waals surface area contributed by atoms with Crippen LogP contribution in [-0.4, -0.2) is 0 Å². The van der Waals surface area contributed by atoms with Crippen molar-refractivity contribution < 1.29 is 0 Å². The lowest BCUT2D eigenvalue weighted by Gasteiger charge is -2.17. The first-order chi connectivity index (χ1) is 13.4. The Hall–Kier alpha value is -2.60. The molecule has 0 saturated carbocycles. The van der Waals surface area contributed by atoms with Crippen LogP contribution in [0.2, 0.25) is 0 Å². The summed E-state index contributed by atoms with van der Waals surface area (Å²) in [4.78, 5) is 0. The van der Waals surface area contributed by atoms with Gasteiger partial charge in [-0.1, -0.05) is 75.6 Å². The molecule has 0 heteroatoms. The van der Waals surface area contributed by atoms with Gasteiger partial charge in [-0.15, -0.1) is 0 Å². The van der Waals surface area contributed by atoms with Crippen LogP contribution in [0.25, 0.3) is 35.9 Å². The number of hydrogen-bond acceptors (Lipinski definition) is 0. The summed E-state index contributed by atoms with van der Waals surface area (Å²) in [5, 5.41) is 4.73. The first kappa shape index (κ1) is 23.4. The van der Waals surface area contributed by atoms with Crippen molar-refractivity contribution in [2.45, 2.75) is 55.4 Å². The van der Waals surface area contributed by atoms with Gasteiger partial charge in [0.1, 0.15) is 0 Å². The van der Waals surface area contributed by atoms with Gasteiger partial charge in [0.25, 0.3) is 0 Å². The zero-order chi connectivity index (χ0) is 21.4. The first-order valence-electron chi connectivity index (χ1n) is 10.2. The number of benzene rings is 2. The highest BCUT2D eigenvalue weighted by Crippen LogP contribution is 2.23. The standard InChI is InChI=1S/C26H30.C2H6/c1-9-12-14-23-19(6)15-17(4)20(7)25(23)26-21(8)18(5)16-22(11-3)24(26)13-10-2;1-2/h9-16H,2,6H2,1,3-5,7-8H3;1-2H3/b12-9-,22-11-,23-14+,24-13+;. The zero-order valence-electron chi connectivity index (χ0n) is 19.0. The molecule has 28 heavy (non-hydrogen) atoms. The van der Waals surface area contributed by atoms with Gasteiger partial charge < -0.3 is 0 Å². The summed E-state index contributed by atoms with van der Waals surface area (Å²) in [5.41, 5.74) is 7.77. The molecule has 148 valence electrons. The van der Waals surface area contributed by atoms with Crippen molar-refractivity contribution in [2.75, 3.05) is 0 Å². The Morgan fingerprint density at radius 1 is 0.786 bits per heavy atom. The van der Waals surface area contributed by atoms with Crippen LogP contribution >= 0.6 is 0 Å². The summed E-state index contributed by atoms with van der Waals surface area (Å²) in [6.45, 7) is 25.2. The minimum Gasteiger partial charge on any atom is -0.0990 e. The van der Waals surface area contributed by atoms with E-state index in [0.717, 1.165) is 5.22 Å². The van der Waals surface area contributed by atoms with Gasteiger partial charge in [-0.2, -0.15) is 0 Å². The first-order valence-corrected chi connectivity index (χ1v) is 10.2. The largest absolute Gasteiger partial charge is 0.0990 e. The molecular formula is C28H36. The molecule has 0 atom stereocenters. The molecule has 0 unspecified atom stereocenters. The van der Waals surface area contributed by atoms with E-state index in [2.05, 4.69) is 90.3 Å². The summed E-state index contributed by atoms with van der Waals surface area (Å²) in [5.74, 6) is 0. The maximum Gasteiger partial charge on any atom is -0.00646 e. The molecule has 0 spiro atoms. The Bertz CT molecular complexity index is 1110. The van der Waals surface area contributed by atoms with Gasteiger partial charge in [-0.3, -0.25) is 0 Å². The van der Waals surface area contributed by atoms with Crippen molar-refractivity contribution in [3.05, 3.63) is 80.1 Å². The summed E-state index contributed by atoms with van der Waals surface area (Å²) < 4.78 is 0. The topological polar surface area (TPSA) is 0 Å². The molecule has 2 aromatic carbocycles. The van der Waals surface area contributed by atoms with Crippen molar-refractivity contribution >= 4 is 24.8 Å². The van der Waals surface area contributed by atoms with Gasteiger partial charge in [0.2, 0.25) is 0 Å². The highest BCUT2D eigenvalue weighted by molar-refractivity contribution is 5.77. The molecule has 0 N–H and O–H groups in total.